The van der Waals surface area contributed by atoms with Crippen molar-refractivity contribution in [1.29, 1.82) is 0 Å². The van der Waals surface area contributed by atoms with Crippen LogP contribution in [0.3, 0.4) is 0 Å². The Labute approximate surface area is 147 Å². The smallest absolute Gasteiger partial charge is 0.171 e. The first-order valence-electron chi connectivity index (χ1n) is 8.07. The number of hydrogen-bond acceptors (Lipinski definition) is 5. The summed E-state index contributed by atoms with van der Waals surface area (Å²) in [5.74, 6) is 7.31. The van der Waals surface area contributed by atoms with Crippen LogP contribution in [0.15, 0.2) is 41.8 Å². The number of aromatic nitrogens is 2. The van der Waals surface area contributed by atoms with Crippen molar-refractivity contribution in [3.8, 4) is 10.6 Å². The topological polar surface area (TPSA) is 55.0 Å². The van der Waals surface area contributed by atoms with Gasteiger partial charge in [0.25, 0.3) is 0 Å². The highest BCUT2D eigenvalue weighted by Gasteiger charge is 2.39. The summed E-state index contributed by atoms with van der Waals surface area (Å²) < 4.78 is 0. The van der Waals surface area contributed by atoms with Crippen molar-refractivity contribution < 1.29 is 0 Å². The molecule has 0 atom stereocenters. The fourth-order valence-corrected chi connectivity index (χ4v) is 3.07. The Morgan fingerprint density at radius 1 is 0.917 bits per heavy atom. The highest BCUT2D eigenvalue weighted by Crippen LogP contribution is 2.39. The van der Waals surface area contributed by atoms with Crippen LogP contribution >= 0.6 is 11.3 Å². The summed E-state index contributed by atoms with van der Waals surface area (Å²) >= 11 is 1.65. The number of benzene rings is 1. The summed E-state index contributed by atoms with van der Waals surface area (Å²) in [6.45, 7) is 10.8. The molecule has 5 heteroatoms. The van der Waals surface area contributed by atoms with E-state index in [2.05, 4.69) is 40.7 Å². The van der Waals surface area contributed by atoms with Crippen molar-refractivity contribution in [3.63, 3.8) is 0 Å². The van der Waals surface area contributed by atoms with Gasteiger partial charge < -0.3 is 0 Å². The van der Waals surface area contributed by atoms with Gasteiger partial charge in [-0.3, -0.25) is 5.01 Å². The summed E-state index contributed by atoms with van der Waals surface area (Å²) in [5.41, 5.74) is 2.25. The third kappa shape index (κ3) is 2.78. The van der Waals surface area contributed by atoms with Crippen LogP contribution in [0.5, 0.6) is 0 Å². The average molecular weight is 340 g/mol. The third-order valence-corrected chi connectivity index (χ3v) is 5.85. The largest absolute Gasteiger partial charge is 0.287 e. The third-order valence-electron chi connectivity index (χ3n) is 4.97. The Morgan fingerprint density at radius 3 is 2.08 bits per heavy atom. The predicted molar refractivity (Wildman–Crippen MR) is 103 cm³/mol. The molecule has 126 valence electrons. The Bertz CT molecular complexity index is 847. The molecule has 0 fully saturated rings. The molecule has 4 nitrogen and oxygen atoms in total. The van der Waals surface area contributed by atoms with Gasteiger partial charge in [-0.2, -0.15) is 0 Å². The van der Waals surface area contributed by atoms with E-state index < -0.39 is 0 Å². The predicted octanol–water partition coefficient (Wildman–Crippen LogP) is 4.86. The molecule has 3 aromatic rings. The van der Waals surface area contributed by atoms with Crippen molar-refractivity contribution in [3.05, 3.63) is 41.8 Å². The molecule has 0 aliphatic rings. The molecule has 0 radical (unpaired) electrons. The number of para-hydroxylation sites is 2. The maximum Gasteiger partial charge on any atom is 0.171 e. The lowest BCUT2D eigenvalue weighted by Gasteiger charge is -2.46. The fraction of sp³-hybridized carbons (Fsp3) is 0.368. The first kappa shape index (κ1) is 16.9. The van der Waals surface area contributed by atoms with Gasteiger partial charge in [0, 0.05) is 0 Å². The minimum absolute atomic E-state index is 0.0260. The van der Waals surface area contributed by atoms with Crippen molar-refractivity contribution in [1.82, 2.24) is 9.97 Å². The molecule has 0 aliphatic heterocycles. The number of nitrogens with zero attached hydrogens (tertiary/aromatic N) is 3. The molecular weight excluding hydrogens is 316 g/mol. The van der Waals surface area contributed by atoms with Crippen molar-refractivity contribution >= 4 is 28.2 Å². The molecule has 2 aromatic heterocycles. The second kappa shape index (κ2) is 5.83. The molecule has 2 heterocycles. The van der Waals surface area contributed by atoms with E-state index in [-0.39, 0.29) is 11.0 Å². The molecule has 3 rings (SSSR count). The van der Waals surface area contributed by atoms with E-state index in [1.165, 1.54) is 0 Å². The van der Waals surface area contributed by atoms with Crippen molar-refractivity contribution in [2.24, 2.45) is 11.3 Å². The van der Waals surface area contributed by atoms with Crippen molar-refractivity contribution in [2.75, 3.05) is 5.01 Å². The molecule has 0 aliphatic carbocycles. The number of anilines is 1. The normalized spacial score (nSPS) is 12.6. The van der Waals surface area contributed by atoms with E-state index in [1.807, 2.05) is 35.7 Å². The van der Waals surface area contributed by atoms with Gasteiger partial charge in [-0.25, -0.2) is 15.8 Å². The number of thiophene rings is 1. The van der Waals surface area contributed by atoms with Crippen LogP contribution in [0, 0.1) is 5.41 Å². The zero-order valence-electron chi connectivity index (χ0n) is 14.9. The SMILES string of the molecule is CC(C)(C)C(C)(C)N(N)c1nc2ccccc2nc1-c1cccs1. The van der Waals surface area contributed by atoms with E-state index in [1.54, 1.807) is 16.3 Å². The highest BCUT2D eigenvalue weighted by molar-refractivity contribution is 7.13. The monoisotopic (exact) mass is 340 g/mol. The molecule has 0 bridgehead atoms. The average Bonchev–Trinajstić information content (AvgIpc) is 3.06. The summed E-state index contributed by atoms with van der Waals surface area (Å²) in [4.78, 5) is 10.8. The number of fused-ring (bicyclic) bond motifs is 1. The molecule has 2 N–H and O–H groups in total. The Hall–Kier alpha value is -1.98. The number of hydrogen-bond donors (Lipinski definition) is 1. The van der Waals surface area contributed by atoms with Gasteiger partial charge in [-0.05, 0) is 42.8 Å². The Morgan fingerprint density at radius 2 is 1.54 bits per heavy atom. The Kier molecular flexibility index (Phi) is 4.10. The second-order valence-electron chi connectivity index (χ2n) is 7.54. The minimum Gasteiger partial charge on any atom is -0.287 e. The van der Waals surface area contributed by atoms with Crippen LogP contribution in [0.1, 0.15) is 34.6 Å². The van der Waals surface area contributed by atoms with Crippen LogP contribution in [0.25, 0.3) is 21.6 Å². The molecule has 0 amide bonds. The molecule has 0 unspecified atom stereocenters. The van der Waals surface area contributed by atoms with Crippen molar-refractivity contribution in [2.45, 2.75) is 40.2 Å². The van der Waals surface area contributed by atoms with Crippen LogP contribution < -0.4 is 10.9 Å². The standard InChI is InChI=1S/C19H24N4S/c1-18(2,3)19(4,5)23(20)17-16(15-11-8-12-24-15)21-13-9-6-7-10-14(13)22-17/h6-12H,20H2,1-5H3. The lowest BCUT2D eigenvalue weighted by Crippen LogP contribution is -2.57. The number of hydrazine groups is 1. The van der Waals surface area contributed by atoms with E-state index in [9.17, 15) is 0 Å². The van der Waals surface area contributed by atoms with Crippen LogP contribution in [0.4, 0.5) is 5.82 Å². The highest BCUT2D eigenvalue weighted by atomic mass is 32.1. The summed E-state index contributed by atoms with van der Waals surface area (Å²) in [6.07, 6.45) is 0. The lowest BCUT2D eigenvalue weighted by molar-refractivity contribution is 0.213. The molecular formula is C19H24N4S. The molecule has 24 heavy (non-hydrogen) atoms. The molecule has 1 aromatic carbocycles. The van der Waals surface area contributed by atoms with Gasteiger partial charge in [0.15, 0.2) is 5.82 Å². The van der Waals surface area contributed by atoms with Gasteiger partial charge in [0.2, 0.25) is 0 Å². The van der Waals surface area contributed by atoms with E-state index in [0.29, 0.717) is 0 Å². The maximum atomic E-state index is 6.59. The zero-order valence-corrected chi connectivity index (χ0v) is 15.7. The van der Waals surface area contributed by atoms with Crippen LogP contribution in [-0.2, 0) is 0 Å². The summed E-state index contributed by atoms with van der Waals surface area (Å²) in [7, 11) is 0. The quantitative estimate of drug-likeness (QED) is 0.546. The van der Waals surface area contributed by atoms with Gasteiger partial charge >= 0.3 is 0 Å². The molecule has 0 saturated heterocycles. The molecule has 0 saturated carbocycles. The van der Waals surface area contributed by atoms with E-state index in [0.717, 1.165) is 27.4 Å². The minimum atomic E-state index is -0.295. The number of nitrogens with two attached hydrogens (primary N) is 1. The summed E-state index contributed by atoms with van der Waals surface area (Å²) in [6, 6.07) is 12.0. The van der Waals surface area contributed by atoms with Gasteiger partial charge in [0.1, 0.15) is 5.69 Å². The number of rotatable bonds is 3. The zero-order chi connectivity index (χ0) is 17.5. The van der Waals surface area contributed by atoms with Crippen LogP contribution in [-0.4, -0.2) is 15.5 Å². The van der Waals surface area contributed by atoms with E-state index >= 15 is 0 Å². The summed E-state index contributed by atoms with van der Waals surface area (Å²) in [5, 5.41) is 3.83. The Balaban J connectivity index is 2.24. The van der Waals surface area contributed by atoms with Crippen LogP contribution in [0.2, 0.25) is 0 Å². The van der Waals surface area contributed by atoms with Gasteiger partial charge in [-0.15, -0.1) is 11.3 Å². The van der Waals surface area contributed by atoms with Gasteiger partial charge in [0.05, 0.1) is 21.4 Å². The lowest BCUT2D eigenvalue weighted by atomic mass is 9.76. The fourth-order valence-electron chi connectivity index (χ4n) is 2.36. The van der Waals surface area contributed by atoms with E-state index in [4.69, 9.17) is 15.8 Å². The maximum absolute atomic E-state index is 6.59. The second-order valence-corrected chi connectivity index (χ2v) is 8.49. The molecule has 0 spiro atoms. The first-order valence-corrected chi connectivity index (χ1v) is 8.95. The van der Waals surface area contributed by atoms with Gasteiger partial charge in [-0.1, -0.05) is 39.0 Å². The first-order chi connectivity index (χ1) is 11.2.